The molecular formula is C11H13ClN2S. The van der Waals surface area contributed by atoms with E-state index >= 15 is 0 Å². The highest BCUT2D eigenvalue weighted by Crippen LogP contribution is 2.26. The first-order chi connectivity index (χ1) is 7.16. The molecule has 0 bridgehead atoms. The van der Waals surface area contributed by atoms with Crippen molar-refractivity contribution in [2.75, 3.05) is 19.3 Å². The van der Waals surface area contributed by atoms with E-state index in [9.17, 15) is 0 Å². The van der Waals surface area contributed by atoms with Crippen molar-refractivity contribution in [3.63, 3.8) is 0 Å². The van der Waals surface area contributed by atoms with E-state index in [1.54, 1.807) is 11.8 Å². The molecule has 0 atom stereocenters. The van der Waals surface area contributed by atoms with Crippen molar-refractivity contribution in [1.82, 2.24) is 4.90 Å². The molecule has 15 heavy (non-hydrogen) atoms. The minimum atomic E-state index is 0.767. The third-order valence-electron chi connectivity index (χ3n) is 2.36. The number of aryl methyl sites for hydroxylation is 1. The van der Waals surface area contributed by atoms with Crippen LogP contribution in [0.4, 0.5) is 5.69 Å². The fraction of sp³-hybridized carbons (Fsp3) is 0.364. The summed E-state index contributed by atoms with van der Waals surface area (Å²) in [6.45, 7) is 3.11. The maximum Gasteiger partial charge on any atom is 0.164 e. The second-order valence-corrected chi connectivity index (χ2v) is 5.09. The van der Waals surface area contributed by atoms with Crippen LogP contribution in [0.15, 0.2) is 23.2 Å². The van der Waals surface area contributed by atoms with Gasteiger partial charge in [-0.25, -0.2) is 4.99 Å². The molecular weight excluding hydrogens is 228 g/mol. The van der Waals surface area contributed by atoms with Gasteiger partial charge in [-0.15, -0.1) is 0 Å². The van der Waals surface area contributed by atoms with E-state index in [4.69, 9.17) is 11.6 Å². The quantitative estimate of drug-likeness (QED) is 0.749. The molecule has 0 amide bonds. The Morgan fingerprint density at radius 3 is 2.87 bits per heavy atom. The van der Waals surface area contributed by atoms with Gasteiger partial charge in [0.2, 0.25) is 0 Å². The van der Waals surface area contributed by atoms with Crippen LogP contribution in [0.5, 0.6) is 0 Å². The molecule has 80 valence electrons. The zero-order chi connectivity index (χ0) is 10.8. The number of hydrogen-bond acceptors (Lipinski definition) is 2. The van der Waals surface area contributed by atoms with Crippen molar-refractivity contribution in [2.45, 2.75) is 6.92 Å². The van der Waals surface area contributed by atoms with Crippen molar-refractivity contribution in [3.8, 4) is 0 Å². The van der Waals surface area contributed by atoms with Crippen LogP contribution >= 0.6 is 23.4 Å². The first kappa shape index (κ1) is 10.8. The first-order valence-electron chi connectivity index (χ1n) is 4.85. The Balaban J connectivity index is 2.30. The van der Waals surface area contributed by atoms with E-state index < -0.39 is 0 Å². The lowest BCUT2D eigenvalue weighted by Crippen LogP contribution is -2.17. The second kappa shape index (κ2) is 4.45. The molecule has 1 aromatic carbocycles. The van der Waals surface area contributed by atoms with Gasteiger partial charge in [0.1, 0.15) is 0 Å². The largest absolute Gasteiger partial charge is 0.353 e. The highest BCUT2D eigenvalue weighted by Gasteiger charge is 2.15. The molecule has 1 aliphatic heterocycles. The van der Waals surface area contributed by atoms with Gasteiger partial charge in [-0.05, 0) is 30.7 Å². The summed E-state index contributed by atoms with van der Waals surface area (Å²) in [4.78, 5) is 6.81. The van der Waals surface area contributed by atoms with E-state index in [0.29, 0.717) is 0 Å². The topological polar surface area (TPSA) is 15.6 Å². The molecule has 1 aromatic rings. The summed E-state index contributed by atoms with van der Waals surface area (Å²) in [6.07, 6.45) is 0. The highest BCUT2D eigenvalue weighted by atomic mass is 35.5. The van der Waals surface area contributed by atoms with Crippen LogP contribution in [0.3, 0.4) is 0 Å². The van der Waals surface area contributed by atoms with E-state index in [-0.39, 0.29) is 0 Å². The van der Waals surface area contributed by atoms with Crippen LogP contribution in [-0.4, -0.2) is 29.4 Å². The summed E-state index contributed by atoms with van der Waals surface area (Å²) in [5.41, 5.74) is 2.13. The Kier molecular flexibility index (Phi) is 3.22. The lowest BCUT2D eigenvalue weighted by molar-refractivity contribution is 0.563. The number of halogens is 1. The minimum absolute atomic E-state index is 0.767. The van der Waals surface area contributed by atoms with Crippen LogP contribution in [-0.2, 0) is 0 Å². The van der Waals surface area contributed by atoms with Crippen LogP contribution < -0.4 is 0 Å². The van der Waals surface area contributed by atoms with Crippen molar-refractivity contribution in [3.05, 3.63) is 28.8 Å². The molecule has 1 fully saturated rings. The lowest BCUT2D eigenvalue weighted by Gasteiger charge is -2.10. The number of hydrogen-bond donors (Lipinski definition) is 0. The van der Waals surface area contributed by atoms with Gasteiger partial charge >= 0.3 is 0 Å². The van der Waals surface area contributed by atoms with Crippen LogP contribution in [0, 0.1) is 6.92 Å². The summed E-state index contributed by atoms with van der Waals surface area (Å²) in [6, 6.07) is 5.80. The number of amidine groups is 1. The fourth-order valence-electron chi connectivity index (χ4n) is 1.44. The van der Waals surface area contributed by atoms with Crippen molar-refractivity contribution in [2.24, 2.45) is 4.99 Å². The van der Waals surface area contributed by atoms with E-state index in [1.807, 2.05) is 25.1 Å². The van der Waals surface area contributed by atoms with Crippen molar-refractivity contribution in [1.29, 1.82) is 0 Å². The summed E-state index contributed by atoms with van der Waals surface area (Å²) in [5.74, 6) is 1.13. The van der Waals surface area contributed by atoms with Crippen molar-refractivity contribution < 1.29 is 0 Å². The molecule has 2 rings (SSSR count). The summed E-state index contributed by atoms with van der Waals surface area (Å²) >= 11 is 7.70. The lowest BCUT2D eigenvalue weighted by atomic mass is 10.2. The smallest absolute Gasteiger partial charge is 0.164 e. The van der Waals surface area contributed by atoms with Crippen molar-refractivity contribution >= 4 is 34.2 Å². The molecule has 1 saturated heterocycles. The number of aliphatic imine (C=N–C) groups is 1. The van der Waals surface area contributed by atoms with E-state index in [2.05, 4.69) is 16.9 Å². The molecule has 0 radical (unpaired) electrons. The molecule has 0 aliphatic carbocycles. The Bertz CT molecular complexity index is 404. The van der Waals surface area contributed by atoms with Gasteiger partial charge in [0.25, 0.3) is 0 Å². The minimum Gasteiger partial charge on any atom is -0.353 e. The standard InChI is InChI=1S/C11H13ClN2S/c1-8-7-9(12)3-4-10(8)13-11-14(2)5-6-15-11/h3-4,7H,5-6H2,1-2H3/b13-11+. The van der Waals surface area contributed by atoms with Gasteiger partial charge in [-0.2, -0.15) is 0 Å². The van der Waals surface area contributed by atoms with Gasteiger partial charge in [0.05, 0.1) is 5.69 Å². The van der Waals surface area contributed by atoms with Crippen LogP contribution in [0.2, 0.25) is 5.02 Å². The Morgan fingerprint density at radius 2 is 2.27 bits per heavy atom. The highest BCUT2D eigenvalue weighted by molar-refractivity contribution is 8.14. The average Bonchev–Trinajstić information content (AvgIpc) is 2.57. The van der Waals surface area contributed by atoms with E-state index in [0.717, 1.165) is 33.7 Å². The number of nitrogens with zero attached hydrogens (tertiary/aromatic N) is 2. The molecule has 4 heteroatoms. The molecule has 1 heterocycles. The molecule has 1 aliphatic rings. The zero-order valence-corrected chi connectivity index (χ0v) is 10.4. The second-order valence-electron chi connectivity index (χ2n) is 3.60. The SMILES string of the molecule is Cc1cc(Cl)ccc1/N=C1/SCCN1C. The Hall–Kier alpha value is -0.670. The Labute approximate surface area is 99.3 Å². The van der Waals surface area contributed by atoms with Crippen LogP contribution in [0.25, 0.3) is 0 Å². The normalized spacial score (nSPS) is 18.9. The maximum absolute atomic E-state index is 5.90. The number of rotatable bonds is 1. The monoisotopic (exact) mass is 240 g/mol. The summed E-state index contributed by atoms with van der Waals surface area (Å²) < 4.78 is 0. The van der Waals surface area contributed by atoms with Gasteiger partial charge in [-0.3, -0.25) is 0 Å². The van der Waals surface area contributed by atoms with Gasteiger partial charge < -0.3 is 4.90 Å². The van der Waals surface area contributed by atoms with Gasteiger partial charge in [0.15, 0.2) is 5.17 Å². The zero-order valence-electron chi connectivity index (χ0n) is 8.83. The molecule has 2 nitrogen and oxygen atoms in total. The maximum atomic E-state index is 5.90. The summed E-state index contributed by atoms with van der Waals surface area (Å²) in [5, 5.41) is 1.87. The fourth-order valence-corrected chi connectivity index (χ4v) is 2.69. The third kappa shape index (κ3) is 2.47. The molecule has 0 unspecified atom stereocenters. The van der Waals surface area contributed by atoms with Gasteiger partial charge in [-0.1, -0.05) is 23.4 Å². The predicted octanol–water partition coefficient (Wildman–Crippen LogP) is 3.31. The van der Waals surface area contributed by atoms with E-state index in [1.165, 1.54) is 0 Å². The Morgan fingerprint density at radius 1 is 1.47 bits per heavy atom. The summed E-state index contributed by atoms with van der Waals surface area (Å²) in [7, 11) is 2.07. The molecule has 0 N–H and O–H groups in total. The molecule has 0 saturated carbocycles. The predicted molar refractivity (Wildman–Crippen MR) is 68.4 cm³/mol. The molecule has 0 spiro atoms. The number of benzene rings is 1. The molecule has 0 aromatic heterocycles. The first-order valence-corrected chi connectivity index (χ1v) is 6.22. The average molecular weight is 241 g/mol. The van der Waals surface area contributed by atoms with Crippen LogP contribution in [0.1, 0.15) is 5.56 Å². The third-order valence-corrected chi connectivity index (χ3v) is 3.64. The van der Waals surface area contributed by atoms with Gasteiger partial charge in [0, 0.05) is 24.4 Å². The number of thioether (sulfide) groups is 1.